The molecule has 1 atom stereocenters. The Morgan fingerprint density at radius 2 is 1.93 bits per heavy atom. The third-order valence-electron chi connectivity index (χ3n) is 6.16. The maximum Gasteiger partial charge on any atom is 0.230 e. The van der Waals surface area contributed by atoms with Gasteiger partial charge in [0.1, 0.15) is 0 Å². The summed E-state index contributed by atoms with van der Waals surface area (Å²) in [6.07, 6.45) is 6.83. The predicted octanol–water partition coefficient (Wildman–Crippen LogP) is 2.15. The number of hydrogen-bond acceptors (Lipinski definition) is 6. The minimum Gasteiger partial charge on any atom is -0.424 e. The van der Waals surface area contributed by atoms with E-state index in [0.717, 1.165) is 70.2 Å². The van der Waals surface area contributed by atoms with Crippen molar-refractivity contribution in [2.24, 2.45) is 5.92 Å². The Balaban J connectivity index is 1.23. The lowest BCUT2D eigenvalue weighted by Gasteiger charge is -2.41. The van der Waals surface area contributed by atoms with Crippen LogP contribution in [-0.4, -0.2) is 64.2 Å². The molecule has 1 amide bonds. The highest BCUT2D eigenvalue weighted by Crippen LogP contribution is 2.26. The number of amides is 1. The van der Waals surface area contributed by atoms with Crippen molar-refractivity contribution in [3.8, 4) is 0 Å². The first-order valence-electron chi connectivity index (χ1n) is 10.7. The summed E-state index contributed by atoms with van der Waals surface area (Å²) in [5.41, 5.74) is 0. The average Bonchev–Trinajstić information content (AvgIpc) is 3.37. The molecule has 1 aliphatic carbocycles. The minimum atomic E-state index is 0.185. The highest BCUT2D eigenvalue weighted by Gasteiger charge is 2.33. The summed E-state index contributed by atoms with van der Waals surface area (Å²) < 4.78 is 5.75. The van der Waals surface area contributed by atoms with Crippen LogP contribution in [-0.2, 0) is 11.3 Å². The van der Waals surface area contributed by atoms with E-state index in [1.807, 2.05) is 0 Å². The SMILES string of the molecule is CC(C)c1nnc(CN2CCC(N3CCC[C@@H](C(=O)NC4CC4)C3)CC2)o1. The summed E-state index contributed by atoms with van der Waals surface area (Å²) in [5, 5.41) is 11.5. The van der Waals surface area contributed by atoms with Crippen LogP contribution in [0.25, 0.3) is 0 Å². The normalized spacial score (nSPS) is 25.8. The van der Waals surface area contributed by atoms with Crippen LogP contribution in [0, 0.1) is 5.92 Å². The van der Waals surface area contributed by atoms with E-state index in [2.05, 4.69) is 39.2 Å². The fourth-order valence-corrected chi connectivity index (χ4v) is 4.30. The third-order valence-corrected chi connectivity index (χ3v) is 6.16. The molecule has 0 unspecified atom stereocenters. The highest BCUT2D eigenvalue weighted by molar-refractivity contribution is 5.79. The van der Waals surface area contributed by atoms with Gasteiger partial charge >= 0.3 is 0 Å². The number of carbonyl (C=O) groups is 1. The summed E-state index contributed by atoms with van der Waals surface area (Å²) in [4.78, 5) is 17.4. The van der Waals surface area contributed by atoms with Crippen LogP contribution in [0.15, 0.2) is 4.42 Å². The minimum absolute atomic E-state index is 0.185. The van der Waals surface area contributed by atoms with Gasteiger partial charge < -0.3 is 9.73 Å². The van der Waals surface area contributed by atoms with E-state index in [1.165, 1.54) is 12.8 Å². The van der Waals surface area contributed by atoms with Crippen molar-refractivity contribution >= 4 is 5.91 Å². The maximum atomic E-state index is 12.4. The van der Waals surface area contributed by atoms with E-state index >= 15 is 0 Å². The van der Waals surface area contributed by atoms with E-state index < -0.39 is 0 Å². The van der Waals surface area contributed by atoms with Crippen molar-refractivity contribution in [1.29, 1.82) is 0 Å². The Kier molecular flexibility index (Phi) is 5.78. The smallest absolute Gasteiger partial charge is 0.230 e. The second kappa shape index (κ2) is 8.27. The number of likely N-dealkylation sites (tertiary alicyclic amines) is 2. The molecule has 1 aromatic rings. The van der Waals surface area contributed by atoms with Gasteiger partial charge in [-0.25, -0.2) is 0 Å². The summed E-state index contributed by atoms with van der Waals surface area (Å²) in [6.45, 7) is 9.07. The number of hydrogen-bond donors (Lipinski definition) is 1. The van der Waals surface area contributed by atoms with Gasteiger partial charge in [-0.15, -0.1) is 10.2 Å². The molecule has 2 aliphatic heterocycles. The molecule has 0 bridgehead atoms. The molecule has 3 aliphatic rings. The van der Waals surface area contributed by atoms with E-state index in [-0.39, 0.29) is 17.7 Å². The van der Waals surface area contributed by atoms with Gasteiger partial charge in [-0.05, 0) is 45.1 Å². The van der Waals surface area contributed by atoms with Crippen LogP contribution in [0.3, 0.4) is 0 Å². The maximum absolute atomic E-state index is 12.4. The molecule has 4 rings (SSSR count). The zero-order valence-electron chi connectivity index (χ0n) is 16.7. The molecule has 1 N–H and O–H groups in total. The molecule has 2 saturated heterocycles. The third kappa shape index (κ3) is 4.88. The Bertz CT molecular complexity index is 634. The fraction of sp³-hybridized carbons (Fsp3) is 0.850. The first kappa shape index (κ1) is 18.9. The number of aromatic nitrogens is 2. The Labute approximate surface area is 161 Å². The number of carbonyl (C=O) groups excluding carboxylic acids is 1. The van der Waals surface area contributed by atoms with Crippen LogP contribution < -0.4 is 5.32 Å². The average molecular weight is 376 g/mol. The zero-order valence-corrected chi connectivity index (χ0v) is 16.7. The van der Waals surface area contributed by atoms with Crippen molar-refractivity contribution < 1.29 is 9.21 Å². The lowest BCUT2D eigenvalue weighted by molar-refractivity contribution is -0.127. The lowest BCUT2D eigenvalue weighted by Crippen LogP contribution is -2.50. The van der Waals surface area contributed by atoms with Crippen LogP contribution in [0.1, 0.15) is 70.1 Å². The largest absolute Gasteiger partial charge is 0.424 e. The molecule has 3 fully saturated rings. The van der Waals surface area contributed by atoms with Crippen molar-refractivity contribution in [2.75, 3.05) is 26.2 Å². The molecule has 27 heavy (non-hydrogen) atoms. The number of nitrogens with zero attached hydrogens (tertiary/aromatic N) is 4. The van der Waals surface area contributed by atoms with Gasteiger partial charge in [-0.3, -0.25) is 14.6 Å². The van der Waals surface area contributed by atoms with Gasteiger partial charge in [-0.1, -0.05) is 13.8 Å². The van der Waals surface area contributed by atoms with Crippen LogP contribution >= 0.6 is 0 Å². The van der Waals surface area contributed by atoms with Crippen LogP contribution in [0.4, 0.5) is 0 Å². The molecule has 0 radical (unpaired) electrons. The Morgan fingerprint density at radius 3 is 2.59 bits per heavy atom. The number of piperidine rings is 2. The molecular formula is C20H33N5O2. The van der Waals surface area contributed by atoms with Crippen molar-refractivity contribution in [3.05, 3.63) is 11.8 Å². The molecule has 0 spiro atoms. The standard InChI is InChI=1S/C20H33N5O2/c1-14(2)20-23-22-18(27-20)13-24-10-7-17(8-11-24)25-9-3-4-15(12-25)19(26)21-16-5-6-16/h14-17H,3-13H2,1-2H3,(H,21,26)/t15-/m1/s1. The molecule has 3 heterocycles. The second-order valence-corrected chi connectivity index (χ2v) is 8.81. The van der Waals surface area contributed by atoms with Gasteiger partial charge in [0.15, 0.2) is 0 Å². The Morgan fingerprint density at radius 1 is 1.15 bits per heavy atom. The molecule has 7 nitrogen and oxygen atoms in total. The molecule has 150 valence electrons. The molecule has 0 aromatic carbocycles. The first-order chi connectivity index (χ1) is 13.1. The number of nitrogens with one attached hydrogen (secondary N) is 1. The zero-order chi connectivity index (χ0) is 18.8. The van der Waals surface area contributed by atoms with Crippen molar-refractivity contribution in [3.63, 3.8) is 0 Å². The summed E-state index contributed by atoms with van der Waals surface area (Å²) in [5.74, 6) is 2.21. The second-order valence-electron chi connectivity index (χ2n) is 8.81. The van der Waals surface area contributed by atoms with Gasteiger partial charge in [-0.2, -0.15) is 0 Å². The van der Waals surface area contributed by atoms with E-state index in [1.54, 1.807) is 0 Å². The van der Waals surface area contributed by atoms with Crippen LogP contribution in [0.5, 0.6) is 0 Å². The van der Waals surface area contributed by atoms with E-state index in [0.29, 0.717) is 12.1 Å². The summed E-state index contributed by atoms with van der Waals surface area (Å²) in [6, 6.07) is 1.07. The highest BCUT2D eigenvalue weighted by atomic mass is 16.4. The predicted molar refractivity (Wildman–Crippen MR) is 102 cm³/mol. The van der Waals surface area contributed by atoms with Crippen molar-refractivity contribution in [2.45, 2.75) is 76.9 Å². The monoisotopic (exact) mass is 375 g/mol. The topological polar surface area (TPSA) is 74.5 Å². The Hall–Kier alpha value is -1.47. The fourth-order valence-electron chi connectivity index (χ4n) is 4.30. The lowest BCUT2D eigenvalue weighted by atomic mass is 9.93. The van der Waals surface area contributed by atoms with Gasteiger partial charge in [0.2, 0.25) is 17.7 Å². The molecular weight excluding hydrogens is 342 g/mol. The number of rotatable bonds is 6. The van der Waals surface area contributed by atoms with Crippen molar-refractivity contribution in [1.82, 2.24) is 25.3 Å². The molecule has 7 heteroatoms. The van der Waals surface area contributed by atoms with E-state index in [9.17, 15) is 4.79 Å². The van der Waals surface area contributed by atoms with Gasteiger partial charge in [0, 0.05) is 37.6 Å². The van der Waals surface area contributed by atoms with Gasteiger partial charge in [0.25, 0.3) is 0 Å². The quantitative estimate of drug-likeness (QED) is 0.821. The van der Waals surface area contributed by atoms with Gasteiger partial charge in [0.05, 0.1) is 12.5 Å². The summed E-state index contributed by atoms with van der Waals surface area (Å²) in [7, 11) is 0. The first-order valence-corrected chi connectivity index (χ1v) is 10.7. The van der Waals surface area contributed by atoms with Crippen LogP contribution in [0.2, 0.25) is 0 Å². The molecule has 1 saturated carbocycles. The molecule has 1 aromatic heterocycles. The summed E-state index contributed by atoms with van der Waals surface area (Å²) >= 11 is 0. The van der Waals surface area contributed by atoms with E-state index in [4.69, 9.17) is 4.42 Å².